The van der Waals surface area contributed by atoms with Crippen molar-refractivity contribution in [1.29, 1.82) is 0 Å². The summed E-state index contributed by atoms with van der Waals surface area (Å²) >= 11 is 11.9. The molecule has 0 radical (unpaired) electrons. The summed E-state index contributed by atoms with van der Waals surface area (Å²) in [6.07, 6.45) is -0.652. The zero-order valence-corrected chi connectivity index (χ0v) is 15.0. The molecule has 1 atom stereocenters. The third-order valence-corrected chi connectivity index (χ3v) is 4.48. The lowest BCUT2D eigenvalue weighted by Gasteiger charge is -2.24. The number of nitroso groups, excluding NO2 is 1. The fourth-order valence-corrected chi connectivity index (χ4v) is 3.48. The zero-order chi connectivity index (χ0) is 19.1. The van der Waals surface area contributed by atoms with E-state index in [9.17, 15) is 19.3 Å². The number of imide groups is 1. The Morgan fingerprint density at radius 2 is 1.92 bits per heavy atom. The van der Waals surface area contributed by atoms with Crippen LogP contribution in [0.1, 0.15) is 19.8 Å². The topological polar surface area (TPSA) is 109 Å². The molecule has 0 saturated carbocycles. The number of esters is 1. The Morgan fingerprint density at radius 1 is 1.27 bits per heavy atom. The van der Waals surface area contributed by atoms with E-state index >= 15 is 0 Å². The molecule has 26 heavy (non-hydrogen) atoms. The first-order valence-corrected chi connectivity index (χ1v) is 8.29. The minimum atomic E-state index is -1.70. The maximum absolute atomic E-state index is 13.0. The van der Waals surface area contributed by atoms with E-state index in [0.29, 0.717) is 5.12 Å². The highest BCUT2D eigenvalue weighted by Gasteiger charge is 2.61. The zero-order valence-electron chi connectivity index (χ0n) is 13.4. The molecule has 0 aromatic heterocycles. The molecule has 11 heteroatoms. The monoisotopic (exact) mass is 398 g/mol. The number of benzene rings is 1. The van der Waals surface area contributed by atoms with Gasteiger partial charge in [0.05, 0.1) is 24.0 Å². The Labute approximate surface area is 157 Å². The average Bonchev–Trinajstić information content (AvgIpc) is 3.05. The van der Waals surface area contributed by atoms with Gasteiger partial charge >= 0.3 is 5.97 Å². The van der Waals surface area contributed by atoms with Gasteiger partial charge in [0.15, 0.2) is 11.3 Å². The third kappa shape index (κ3) is 2.82. The Hall–Kier alpha value is -2.52. The van der Waals surface area contributed by atoms with Crippen molar-refractivity contribution in [1.82, 2.24) is 5.12 Å². The summed E-state index contributed by atoms with van der Waals surface area (Å²) in [6.45, 7) is 1.70. The number of anilines is 1. The Morgan fingerprint density at radius 3 is 2.50 bits per heavy atom. The summed E-state index contributed by atoms with van der Waals surface area (Å²) in [7, 11) is 0. The lowest BCUT2D eigenvalue weighted by Crippen LogP contribution is -2.48. The fourth-order valence-electron chi connectivity index (χ4n) is 2.97. The summed E-state index contributed by atoms with van der Waals surface area (Å²) in [5, 5.41) is 7.48. The van der Waals surface area contributed by atoms with Crippen molar-refractivity contribution in [3.05, 3.63) is 33.2 Å². The van der Waals surface area contributed by atoms with Gasteiger partial charge in [-0.2, -0.15) is 0 Å². The van der Waals surface area contributed by atoms with Crippen LogP contribution in [-0.4, -0.2) is 40.8 Å². The minimum absolute atomic E-state index is 0.0966. The van der Waals surface area contributed by atoms with Crippen molar-refractivity contribution in [3.63, 3.8) is 0 Å². The molecule has 1 saturated heterocycles. The molecule has 2 amide bonds. The highest BCUT2D eigenvalue weighted by Crippen LogP contribution is 2.41. The molecule has 0 unspecified atom stereocenters. The first-order valence-electron chi connectivity index (χ1n) is 7.54. The molecular weight excluding hydrogens is 387 g/mol. The summed E-state index contributed by atoms with van der Waals surface area (Å²) < 4.78 is 4.84. The van der Waals surface area contributed by atoms with Crippen LogP contribution in [0.4, 0.5) is 5.69 Å². The van der Waals surface area contributed by atoms with Crippen LogP contribution in [0.2, 0.25) is 10.0 Å². The van der Waals surface area contributed by atoms with Crippen molar-refractivity contribution in [3.8, 4) is 0 Å². The number of halogens is 2. The maximum atomic E-state index is 13.0. The van der Waals surface area contributed by atoms with Crippen molar-refractivity contribution in [2.75, 3.05) is 11.5 Å². The second kappa shape index (κ2) is 6.65. The Bertz CT molecular complexity index is 838. The smallest absolute Gasteiger partial charge is 0.354 e. The lowest BCUT2D eigenvalue weighted by atomic mass is 9.92. The maximum Gasteiger partial charge on any atom is 0.354 e. The van der Waals surface area contributed by atoms with Crippen LogP contribution >= 0.6 is 23.2 Å². The second-order valence-corrected chi connectivity index (χ2v) is 6.56. The van der Waals surface area contributed by atoms with Crippen LogP contribution in [0, 0.1) is 4.91 Å². The number of carbonyl (C=O) groups is 3. The minimum Gasteiger partial charge on any atom is -0.461 e. The largest absolute Gasteiger partial charge is 0.461 e. The Kier molecular flexibility index (Phi) is 4.68. The molecule has 1 spiro atoms. The summed E-state index contributed by atoms with van der Waals surface area (Å²) in [6, 6.07) is 4.23. The van der Waals surface area contributed by atoms with E-state index in [2.05, 4.69) is 10.4 Å². The number of ether oxygens (including phenoxy) is 1. The van der Waals surface area contributed by atoms with E-state index in [4.69, 9.17) is 27.9 Å². The van der Waals surface area contributed by atoms with Gasteiger partial charge in [0.25, 0.3) is 5.91 Å². The predicted octanol–water partition coefficient (Wildman–Crippen LogP) is 2.30. The molecule has 3 rings (SSSR count). The molecule has 0 bridgehead atoms. The van der Waals surface area contributed by atoms with Crippen LogP contribution in [-0.2, 0) is 19.1 Å². The van der Waals surface area contributed by atoms with Crippen LogP contribution in [0.3, 0.4) is 0 Å². The molecule has 136 valence electrons. The van der Waals surface area contributed by atoms with E-state index in [1.165, 1.54) is 18.2 Å². The summed E-state index contributed by atoms with van der Waals surface area (Å²) in [5.41, 5.74) is -1.70. The predicted molar refractivity (Wildman–Crippen MR) is 92.6 cm³/mol. The first-order chi connectivity index (χ1) is 12.3. The molecule has 0 aliphatic carbocycles. The van der Waals surface area contributed by atoms with Gasteiger partial charge in [-0.3, -0.25) is 9.59 Å². The van der Waals surface area contributed by atoms with Gasteiger partial charge in [-0.1, -0.05) is 23.2 Å². The van der Waals surface area contributed by atoms with Gasteiger partial charge in [-0.05, 0) is 25.1 Å². The van der Waals surface area contributed by atoms with Crippen molar-refractivity contribution in [2.24, 2.45) is 10.4 Å². The molecule has 9 nitrogen and oxygen atoms in total. The number of hydrazone groups is 1. The van der Waals surface area contributed by atoms with Gasteiger partial charge < -0.3 is 4.74 Å². The Balaban J connectivity index is 1.97. The summed E-state index contributed by atoms with van der Waals surface area (Å²) in [5.74, 6) is -2.12. The van der Waals surface area contributed by atoms with Crippen molar-refractivity contribution >= 4 is 52.4 Å². The number of nitrogens with zero attached hydrogens (tertiary/aromatic N) is 4. The molecule has 1 aromatic carbocycles. The van der Waals surface area contributed by atoms with Gasteiger partial charge in [0.1, 0.15) is 0 Å². The van der Waals surface area contributed by atoms with Crippen molar-refractivity contribution in [2.45, 2.75) is 25.3 Å². The SMILES string of the molecule is CCOC(=O)C1=NN(N=O)[C@@]2(CC(=O)N(c3cc(Cl)cc(Cl)c3)C2=O)C1. The van der Waals surface area contributed by atoms with E-state index in [-0.39, 0.29) is 40.9 Å². The normalized spacial score (nSPS) is 22.2. The van der Waals surface area contributed by atoms with E-state index in [1.54, 1.807) is 6.92 Å². The number of rotatable bonds is 4. The molecule has 1 fully saturated rings. The standard InChI is InChI=1S/C15H12Cl2N4O5/c1-2-26-13(23)11-6-15(21(18-11)19-25)7-12(22)20(14(15)24)10-4-8(16)3-9(17)5-10/h3-5H,2,6-7H2,1H3/t15-/m1/s1. The molecule has 0 N–H and O–H groups in total. The quantitative estimate of drug-likeness (QED) is 0.437. The van der Waals surface area contributed by atoms with Gasteiger partial charge in [0, 0.05) is 16.5 Å². The van der Waals surface area contributed by atoms with Crippen LogP contribution < -0.4 is 4.90 Å². The number of hydrogen-bond acceptors (Lipinski definition) is 7. The van der Waals surface area contributed by atoms with Gasteiger partial charge in [-0.15, -0.1) is 15.1 Å². The summed E-state index contributed by atoms with van der Waals surface area (Å²) in [4.78, 5) is 49.5. The molecular formula is C15H12Cl2N4O5. The fraction of sp³-hybridized carbons (Fsp3) is 0.333. The second-order valence-electron chi connectivity index (χ2n) is 5.69. The van der Waals surface area contributed by atoms with Crippen LogP contribution in [0.15, 0.2) is 28.6 Å². The van der Waals surface area contributed by atoms with E-state index in [0.717, 1.165) is 4.90 Å². The van der Waals surface area contributed by atoms with Gasteiger partial charge in [0.2, 0.25) is 5.91 Å². The lowest BCUT2D eigenvalue weighted by molar-refractivity contribution is -0.135. The highest BCUT2D eigenvalue weighted by atomic mass is 35.5. The van der Waals surface area contributed by atoms with E-state index in [1.807, 2.05) is 0 Å². The molecule has 2 aliphatic rings. The van der Waals surface area contributed by atoms with Crippen LogP contribution in [0.25, 0.3) is 0 Å². The highest BCUT2D eigenvalue weighted by molar-refractivity contribution is 6.39. The van der Waals surface area contributed by atoms with E-state index < -0.39 is 23.3 Å². The first kappa shape index (κ1) is 18.3. The average molecular weight is 399 g/mol. The van der Waals surface area contributed by atoms with Crippen LogP contribution in [0.5, 0.6) is 0 Å². The van der Waals surface area contributed by atoms with Gasteiger partial charge in [-0.25, -0.2) is 9.69 Å². The number of amides is 2. The number of carbonyl (C=O) groups excluding carboxylic acids is 3. The molecule has 1 aromatic rings. The van der Waals surface area contributed by atoms with Crippen molar-refractivity contribution < 1.29 is 19.1 Å². The molecule has 2 aliphatic heterocycles. The third-order valence-electron chi connectivity index (χ3n) is 4.05. The molecule has 2 heterocycles. The number of hydrogen-bond donors (Lipinski definition) is 0.